The zero-order valence-corrected chi connectivity index (χ0v) is 15.8. The fourth-order valence-corrected chi connectivity index (χ4v) is 2.84. The van der Waals surface area contributed by atoms with Crippen molar-refractivity contribution < 1.29 is 19.0 Å². The van der Waals surface area contributed by atoms with E-state index in [0.29, 0.717) is 5.75 Å². The first-order valence-electron chi connectivity index (χ1n) is 8.59. The molecule has 2 aromatic heterocycles. The number of nitrogens with zero attached hydrogens (tertiary/aromatic N) is 2. The normalized spacial score (nSPS) is 11.8. The van der Waals surface area contributed by atoms with Crippen LogP contribution in [-0.2, 0) is 11.3 Å². The van der Waals surface area contributed by atoms with Crippen molar-refractivity contribution in [1.82, 2.24) is 9.55 Å². The summed E-state index contributed by atoms with van der Waals surface area (Å²) in [7, 11) is 0. The van der Waals surface area contributed by atoms with Crippen LogP contribution in [0.3, 0.4) is 0 Å². The van der Waals surface area contributed by atoms with Crippen LogP contribution in [0.15, 0.2) is 59.7 Å². The van der Waals surface area contributed by atoms with Crippen molar-refractivity contribution in [3.05, 3.63) is 76.1 Å². The Morgan fingerprint density at radius 3 is 2.59 bits per heavy atom. The second-order valence-electron chi connectivity index (χ2n) is 6.33. The molecule has 1 atom stereocenters. The summed E-state index contributed by atoms with van der Waals surface area (Å²) in [6.45, 7) is 0.0850. The van der Waals surface area contributed by atoms with Gasteiger partial charge in [-0.25, -0.2) is 9.37 Å². The fourth-order valence-electron chi connectivity index (χ4n) is 2.69. The lowest BCUT2D eigenvalue weighted by molar-refractivity contribution is -0.137. The molecule has 3 aromatic rings. The van der Waals surface area contributed by atoms with Gasteiger partial charge in [0, 0.05) is 31.0 Å². The van der Waals surface area contributed by atoms with Gasteiger partial charge >= 0.3 is 5.97 Å². The maximum atomic E-state index is 13.8. The third kappa shape index (κ3) is 5.40. The predicted octanol–water partition coefficient (Wildman–Crippen LogP) is 3.30. The van der Waals surface area contributed by atoms with E-state index in [1.54, 1.807) is 36.5 Å². The number of halogens is 2. The third-order valence-corrected chi connectivity index (χ3v) is 4.23. The van der Waals surface area contributed by atoms with E-state index in [2.05, 4.69) is 4.98 Å². The number of aromatic nitrogens is 2. The minimum atomic E-state index is -1.02. The number of hydrogen-bond acceptors (Lipinski definition) is 5. The van der Waals surface area contributed by atoms with Crippen LogP contribution < -0.4 is 16.0 Å². The van der Waals surface area contributed by atoms with Gasteiger partial charge in [-0.15, -0.1) is 0 Å². The number of benzene rings is 1. The first-order valence-corrected chi connectivity index (χ1v) is 8.97. The number of ether oxygens (including phenoxy) is 1. The Balaban J connectivity index is 1.78. The van der Waals surface area contributed by atoms with E-state index >= 15 is 0 Å². The van der Waals surface area contributed by atoms with Crippen molar-refractivity contribution in [3.8, 4) is 22.8 Å². The molecular weight excluding hydrogens is 401 g/mol. The first kappa shape index (κ1) is 20.5. The second-order valence-corrected chi connectivity index (χ2v) is 6.77. The van der Waals surface area contributed by atoms with E-state index < -0.39 is 17.8 Å². The molecule has 9 heteroatoms. The maximum absolute atomic E-state index is 13.8. The molecule has 0 saturated carbocycles. The number of rotatable bonds is 7. The molecule has 0 amide bonds. The fraction of sp³-hybridized carbons (Fsp3) is 0.150. The van der Waals surface area contributed by atoms with Crippen LogP contribution in [0.4, 0.5) is 4.39 Å². The van der Waals surface area contributed by atoms with E-state index in [-0.39, 0.29) is 29.4 Å². The highest BCUT2D eigenvalue weighted by Gasteiger charge is 2.11. The topological polar surface area (TPSA) is 107 Å². The lowest BCUT2D eigenvalue weighted by Crippen LogP contribution is -2.33. The Morgan fingerprint density at radius 1 is 1.24 bits per heavy atom. The number of aliphatic carboxylic acids is 1. The molecule has 1 aromatic carbocycles. The van der Waals surface area contributed by atoms with Crippen molar-refractivity contribution in [2.75, 3.05) is 0 Å². The van der Waals surface area contributed by atoms with Gasteiger partial charge in [-0.1, -0.05) is 23.7 Å². The monoisotopic (exact) mass is 417 g/mol. The molecule has 1 unspecified atom stereocenters. The van der Waals surface area contributed by atoms with E-state index in [4.69, 9.17) is 27.2 Å². The SMILES string of the molecule is NC(CC(=O)O)Cn1cc(-c2ccc(Oc3ncc(Cl)cc3F)cc2)ccc1=O. The summed E-state index contributed by atoms with van der Waals surface area (Å²) in [5, 5.41) is 8.98. The van der Waals surface area contributed by atoms with Crippen LogP contribution in [0, 0.1) is 5.82 Å². The van der Waals surface area contributed by atoms with Crippen molar-refractivity contribution in [2.24, 2.45) is 5.73 Å². The van der Waals surface area contributed by atoms with Crippen molar-refractivity contribution in [2.45, 2.75) is 19.0 Å². The number of carboxylic acid groups (broad SMARTS) is 1. The Labute approximate surface area is 170 Å². The zero-order valence-electron chi connectivity index (χ0n) is 15.1. The van der Waals surface area contributed by atoms with Crippen LogP contribution in [0.25, 0.3) is 11.1 Å². The molecule has 0 fully saturated rings. The van der Waals surface area contributed by atoms with Gasteiger partial charge in [0.15, 0.2) is 5.82 Å². The highest BCUT2D eigenvalue weighted by Crippen LogP contribution is 2.26. The minimum Gasteiger partial charge on any atom is -0.481 e. The van der Waals surface area contributed by atoms with Gasteiger partial charge in [-0.3, -0.25) is 9.59 Å². The molecule has 0 saturated heterocycles. The van der Waals surface area contributed by atoms with E-state index in [9.17, 15) is 14.0 Å². The van der Waals surface area contributed by atoms with Crippen LogP contribution in [0.5, 0.6) is 11.6 Å². The summed E-state index contributed by atoms with van der Waals surface area (Å²) in [6, 6.07) is 10.2. The molecule has 0 aliphatic rings. The molecule has 0 aliphatic heterocycles. The summed E-state index contributed by atoms with van der Waals surface area (Å²) < 4.78 is 20.6. The number of pyridine rings is 2. The van der Waals surface area contributed by atoms with E-state index in [0.717, 1.165) is 17.2 Å². The standard InChI is InChI=1S/C20H17ClFN3O4/c21-14-7-17(22)20(24-9-14)29-16-4-1-12(2-5-16)13-3-6-18(26)25(10-13)11-15(23)8-19(27)28/h1-7,9-10,15H,8,11,23H2,(H,27,28). The number of nitrogens with two attached hydrogens (primary N) is 1. The van der Waals surface area contributed by atoms with Crippen LogP contribution in [0.2, 0.25) is 5.02 Å². The van der Waals surface area contributed by atoms with Crippen molar-refractivity contribution in [3.63, 3.8) is 0 Å². The quantitative estimate of drug-likeness (QED) is 0.610. The van der Waals surface area contributed by atoms with Gasteiger partial charge < -0.3 is 20.1 Å². The molecule has 7 nitrogen and oxygen atoms in total. The highest BCUT2D eigenvalue weighted by molar-refractivity contribution is 6.30. The molecule has 0 radical (unpaired) electrons. The molecule has 150 valence electrons. The molecule has 3 rings (SSSR count). The van der Waals surface area contributed by atoms with Crippen LogP contribution in [-0.4, -0.2) is 26.7 Å². The Morgan fingerprint density at radius 2 is 1.93 bits per heavy atom. The summed E-state index contributed by atoms with van der Waals surface area (Å²) in [4.78, 5) is 26.6. The first-order chi connectivity index (χ1) is 13.8. The lowest BCUT2D eigenvalue weighted by Gasteiger charge is -2.13. The molecule has 2 heterocycles. The Kier molecular flexibility index (Phi) is 6.26. The maximum Gasteiger partial charge on any atom is 0.304 e. The molecule has 0 aliphatic carbocycles. The van der Waals surface area contributed by atoms with Gasteiger partial charge in [-0.05, 0) is 35.4 Å². The van der Waals surface area contributed by atoms with Gasteiger partial charge in [0.25, 0.3) is 11.4 Å². The molecule has 0 bridgehead atoms. The minimum absolute atomic E-state index is 0.0850. The third-order valence-electron chi connectivity index (χ3n) is 4.03. The van der Waals surface area contributed by atoms with Crippen molar-refractivity contribution in [1.29, 1.82) is 0 Å². The van der Waals surface area contributed by atoms with E-state index in [1.165, 1.54) is 16.8 Å². The van der Waals surface area contributed by atoms with Crippen molar-refractivity contribution >= 4 is 17.6 Å². The van der Waals surface area contributed by atoms with Crippen LogP contribution >= 0.6 is 11.6 Å². The summed E-state index contributed by atoms with van der Waals surface area (Å²) in [6.07, 6.45) is 2.66. The largest absolute Gasteiger partial charge is 0.481 e. The smallest absolute Gasteiger partial charge is 0.304 e. The molecular formula is C20H17ClFN3O4. The Bertz CT molecular complexity index is 1090. The molecule has 3 N–H and O–H groups in total. The molecule has 29 heavy (non-hydrogen) atoms. The predicted molar refractivity (Wildman–Crippen MR) is 106 cm³/mol. The highest BCUT2D eigenvalue weighted by atomic mass is 35.5. The van der Waals surface area contributed by atoms with Gasteiger partial charge in [0.2, 0.25) is 0 Å². The number of carbonyl (C=O) groups is 1. The summed E-state index contributed by atoms with van der Waals surface area (Å²) in [5.74, 6) is -1.52. The number of hydrogen-bond donors (Lipinski definition) is 2. The summed E-state index contributed by atoms with van der Waals surface area (Å²) >= 11 is 5.67. The average Bonchev–Trinajstić information content (AvgIpc) is 2.66. The number of carboxylic acids is 1. The molecule has 0 spiro atoms. The zero-order chi connectivity index (χ0) is 21.0. The second kappa shape index (κ2) is 8.85. The lowest BCUT2D eigenvalue weighted by atomic mass is 10.1. The van der Waals surface area contributed by atoms with Gasteiger partial charge in [0.05, 0.1) is 11.4 Å². The Hall–Kier alpha value is -3.23. The summed E-state index contributed by atoms with van der Waals surface area (Å²) in [5.41, 5.74) is 7.01. The van der Waals surface area contributed by atoms with E-state index in [1.807, 2.05) is 0 Å². The van der Waals surface area contributed by atoms with Gasteiger partial charge in [-0.2, -0.15) is 0 Å². The van der Waals surface area contributed by atoms with Crippen LogP contribution in [0.1, 0.15) is 6.42 Å². The average molecular weight is 418 g/mol. The van der Waals surface area contributed by atoms with Gasteiger partial charge in [0.1, 0.15) is 5.75 Å².